The first-order chi connectivity index (χ1) is 10.5. The van der Waals surface area contributed by atoms with Gasteiger partial charge >= 0.3 is 0 Å². The van der Waals surface area contributed by atoms with E-state index in [2.05, 4.69) is 10.5 Å². The molecule has 0 aliphatic carbocycles. The van der Waals surface area contributed by atoms with Crippen LogP contribution in [0.25, 0.3) is 0 Å². The molecule has 0 aromatic heterocycles. The van der Waals surface area contributed by atoms with Gasteiger partial charge in [-0.1, -0.05) is 18.5 Å². The summed E-state index contributed by atoms with van der Waals surface area (Å²) in [4.78, 5) is 11.1. The van der Waals surface area contributed by atoms with Gasteiger partial charge in [-0.25, -0.2) is 5.43 Å². The van der Waals surface area contributed by atoms with E-state index in [0.29, 0.717) is 22.1 Å². The predicted octanol–water partition coefficient (Wildman–Crippen LogP) is 2.89. The number of ether oxygens (including phenoxy) is 2. The molecule has 0 heterocycles. The van der Waals surface area contributed by atoms with Crippen molar-refractivity contribution in [2.24, 2.45) is 5.10 Å². The van der Waals surface area contributed by atoms with E-state index in [9.17, 15) is 4.79 Å². The number of carbonyl (C=O) groups excluding carboxylic acids is 1. The number of nitrogens with one attached hydrogen (secondary N) is 1. The highest BCUT2D eigenvalue weighted by molar-refractivity contribution is 6.32. The van der Waals surface area contributed by atoms with Gasteiger partial charge in [-0.15, -0.1) is 0 Å². The van der Waals surface area contributed by atoms with Crippen molar-refractivity contribution in [1.29, 1.82) is 5.26 Å². The summed E-state index contributed by atoms with van der Waals surface area (Å²) in [5, 5.41) is 12.5. The van der Waals surface area contributed by atoms with Gasteiger partial charge in [0.25, 0.3) is 5.91 Å². The summed E-state index contributed by atoms with van der Waals surface area (Å²) in [5.41, 5.74) is 2.87. The second kappa shape index (κ2) is 8.90. The van der Waals surface area contributed by atoms with Gasteiger partial charge in [-0.3, -0.25) is 4.79 Å². The molecular formula is C15H18ClN3O3. The molecule has 7 heteroatoms. The highest BCUT2D eigenvalue weighted by Gasteiger charge is 2.14. The Morgan fingerprint density at radius 2 is 2.32 bits per heavy atom. The van der Waals surface area contributed by atoms with Crippen LogP contribution in [0.4, 0.5) is 0 Å². The van der Waals surface area contributed by atoms with Crippen LogP contribution < -0.4 is 14.9 Å². The molecule has 1 amide bonds. The normalized spacial score (nSPS) is 11.8. The van der Waals surface area contributed by atoms with Crippen LogP contribution in [-0.2, 0) is 4.79 Å². The molecule has 1 aromatic carbocycles. The highest BCUT2D eigenvalue weighted by Crippen LogP contribution is 2.36. The van der Waals surface area contributed by atoms with Crippen molar-refractivity contribution in [3.63, 3.8) is 0 Å². The van der Waals surface area contributed by atoms with E-state index in [1.165, 1.54) is 13.3 Å². The molecule has 0 unspecified atom stereocenters. The lowest BCUT2D eigenvalue weighted by molar-refractivity contribution is -0.120. The summed E-state index contributed by atoms with van der Waals surface area (Å²) in [5.74, 6) is 0.482. The number of carbonyl (C=O) groups is 1. The van der Waals surface area contributed by atoms with Crippen molar-refractivity contribution in [3.8, 4) is 17.6 Å². The van der Waals surface area contributed by atoms with Crippen molar-refractivity contribution in [1.82, 2.24) is 5.43 Å². The first-order valence-electron chi connectivity index (χ1n) is 6.74. The summed E-state index contributed by atoms with van der Waals surface area (Å²) in [7, 11) is 1.52. The lowest BCUT2D eigenvalue weighted by atomic mass is 10.2. The lowest BCUT2D eigenvalue weighted by Crippen LogP contribution is -2.16. The average molecular weight is 324 g/mol. The van der Waals surface area contributed by atoms with Gasteiger partial charge in [0.15, 0.2) is 11.5 Å². The molecule has 0 radical (unpaired) electrons. The Morgan fingerprint density at radius 1 is 1.59 bits per heavy atom. The molecule has 1 aromatic rings. The van der Waals surface area contributed by atoms with Crippen LogP contribution in [0.2, 0.25) is 5.02 Å². The van der Waals surface area contributed by atoms with Gasteiger partial charge in [-0.2, -0.15) is 10.4 Å². The molecule has 1 N–H and O–H groups in total. The molecule has 0 spiro atoms. The molecule has 1 rings (SSSR count). The summed E-state index contributed by atoms with van der Waals surface area (Å²) < 4.78 is 11.0. The maximum Gasteiger partial charge on any atom is 0.254 e. The second-order valence-corrected chi connectivity index (χ2v) is 4.91. The third kappa shape index (κ3) is 5.26. The maximum absolute atomic E-state index is 11.1. The number of hydrogen-bond acceptors (Lipinski definition) is 5. The third-order valence-electron chi connectivity index (χ3n) is 2.79. The van der Waals surface area contributed by atoms with E-state index < -0.39 is 5.91 Å². The Kier molecular flexibility index (Phi) is 7.20. The van der Waals surface area contributed by atoms with E-state index in [0.717, 1.165) is 6.42 Å². The van der Waals surface area contributed by atoms with Crippen LogP contribution >= 0.6 is 11.6 Å². The first kappa shape index (κ1) is 17.8. The van der Waals surface area contributed by atoms with Crippen molar-refractivity contribution in [3.05, 3.63) is 22.7 Å². The third-order valence-corrected chi connectivity index (χ3v) is 3.07. The summed E-state index contributed by atoms with van der Waals surface area (Å²) in [6.07, 6.45) is 2.02. The molecule has 118 valence electrons. The molecule has 22 heavy (non-hydrogen) atoms. The van der Waals surface area contributed by atoms with Crippen LogP contribution in [0.3, 0.4) is 0 Å². The predicted molar refractivity (Wildman–Crippen MR) is 84.4 cm³/mol. The molecule has 0 saturated carbocycles. The minimum absolute atomic E-state index is 0.0104. The average Bonchev–Trinajstić information content (AvgIpc) is 2.49. The van der Waals surface area contributed by atoms with Gasteiger partial charge in [0.05, 0.1) is 30.5 Å². The number of hydrazone groups is 1. The Balaban J connectivity index is 2.91. The zero-order chi connectivity index (χ0) is 16.5. The second-order valence-electron chi connectivity index (χ2n) is 4.50. The molecule has 0 fully saturated rings. The van der Waals surface area contributed by atoms with Gasteiger partial charge in [0.1, 0.15) is 6.42 Å². The SMILES string of the molecule is CC[C@@H](C)Oc1c(Cl)cc(/C=N\NC(=O)CC#N)cc1OC. The molecule has 0 bridgehead atoms. The van der Waals surface area contributed by atoms with Gasteiger partial charge in [0, 0.05) is 0 Å². The molecule has 0 aliphatic rings. The Hall–Kier alpha value is -2.26. The fourth-order valence-electron chi connectivity index (χ4n) is 1.50. The fraction of sp³-hybridized carbons (Fsp3) is 0.400. The molecule has 1 atom stereocenters. The van der Waals surface area contributed by atoms with E-state index in [1.54, 1.807) is 18.2 Å². The standard InChI is InChI=1S/C15H18ClN3O3/c1-4-10(2)22-15-12(16)7-11(8-13(15)21-3)9-18-19-14(20)5-6-17/h7-10H,4-5H2,1-3H3,(H,19,20)/b18-9-/t10-/m1/s1. The summed E-state index contributed by atoms with van der Waals surface area (Å²) in [6.45, 7) is 3.95. The highest BCUT2D eigenvalue weighted by atomic mass is 35.5. The smallest absolute Gasteiger partial charge is 0.254 e. The van der Waals surface area contributed by atoms with Crippen LogP contribution in [-0.4, -0.2) is 25.3 Å². The van der Waals surface area contributed by atoms with Crippen LogP contribution in [0.15, 0.2) is 17.2 Å². The number of nitriles is 1. The van der Waals surface area contributed by atoms with Crippen molar-refractivity contribution in [2.45, 2.75) is 32.8 Å². The fourth-order valence-corrected chi connectivity index (χ4v) is 1.77. The number of methoxy groups -OCH3 is 1. The number of rotatable bonds is 7. The van der Waals surface area contributed by atoms with Crippen molar-refractivity contribution >= 4 is 23.7 Å². The Morgan fingerprint density at radius 3 is 2.91 bits per heavy atom. The number of halogens is 1. The Bertz CT molecular complexity index is 596. The first-order valence-corrected chi connectivity index (χ1v) is 7.12. The summed E-state index contributed by atoms with van der Waals surface area (Å²) >= 11 is 6.21. The van der Waals surface area contributed by atoms with E-state index in [-0.39, 0.29) is 12.5 Å². The van der Waals surface area contributed by atoms with Crippen LogP contribution in [0.5, 0.6) is 11.5 Å². The van der Waals surface area contributed by atoms with Gasteiger partial charge in [0.2, 0.25) is 0 Å². The number of nitrogens with zero attached hydrogens (tertiary/aromatic N) is 2. The minimum atomic E-state index is -0.478. The van der Waals surface area contributed by atoms with E-state index in [1.807, 2.05) is 13.8 Å². The van der Waals surface area contributed by atoms with Crippen molar-refractivity contribution in [2.75, 3.05) is 7.11 Å². The molecular weight excluding hydrogens is 306 g/mol. The monoisotopic (exact) mass is 323 g/mol. The number of hydrogen-bond donors (Lipinski definition) is 1. The Labute approximate surface area is 134 Å². The van der Waals surface area contributed by atoms with E-state index in [4.69, 9.17) is 26.3 Å². The van der Waals surface area contributed by atoms with Gasteiger partial charge < -0.3 is 9.47 Å². The largest absolute Gasteiger partial charge is 0.493 e. The minimum Gasteiger partial charge on any atom is -0.493 e. The summed E-state index contributed by atoms with van der Waals surface area (Å²) in [6, 6.07) is 5.08. The van der Waals surface area contributed by atoms with Crippen LogP contribution in [0.1, 0.15) is 32.3 Å². The lowest BCUT2D eigenvalue weighted by Gasteiger charge is -2.17. The van der Waals surface area contributed by atoms with Gasteiger partial charge in [-0.05, 0) is 31.0 Å². The zero-order valence-corrected chi connectivity index (χ0v) is 13.5. The zero-order valence-electron chi connectivity index (χ0n) is 12.7. The maximum atomic E-state index is 11.1. The van der Waals surface area contributed by atoms with Crippen molar-refractivity contribution < 1.29 is 14.3 Å². The topological polar surface area (TPSA) is 83.7 Å². The van der Waals surface area contributed by atoms with Crippen LogP contribution in [0, 0.1) is 11.3 Å². The molecule has 6 nitrogen and oxygen atoms in total. The number of benzene rings is 1. The quantitative estimate of drug-likeness (QED) is 0.617. The molecule has 0 aliphatic heterocycles. The molecule has 0 saturated heterocycles. The number of amides is 1. The van der Waals surface area contributed by atoms with E-state index >= 15 is 0 Å².